The van der Waals surface area contributed by atoms with Crippen molar-refractivity contribution in [3.63, 3.8) is 0 Å². The average Bonchev–Trinajstić information content (AvgIpc) is 2.63. The van der Waals surface area contributed by atoms with Crippen molar-refractivity contribution in [3.05, 3.63) is 40.4 Å². The Morgan fingerprint density at radius 2 is 2.06 bits per heavy atom. The van der Waals surface area contributed by atoms with E-state index in [2.05, 4.69) is 10.3 Å². The lowest BCUT2D eigenvalue weighted by atomic mass is 10.2. The smallest absolute Gasteiger partial charge is 0.347 e. The molecule has 0 fully saturated rings. The SMILES string of the molecule is Cc1ccccc1Nc1nc(C)c(C(=O)O)s1. The van der Waals surface area contributed by atoms with E-state index in [1.807, 2.05) is 31.2 Å². The number of thiazole rings is 1. The van der Waals surface area contributed by atoms with Crippen molar-refractivity contribution in [2.24, 2.45) is 0 Å². The van der Waals surface area contributed by atoms with Crippen LogP contribution < -0.4 is 5.32 Å². The number of para-hydroxylation sites is 1. The second-order valence-electron chi connectivity index (χ2n) is 3.68. The van der Waals surface area contributed by atoms with Crippen molar-refractivity contribution >= 4 is 28.1 Å². The zero-order valence-electron chi connectivity index (χ0n) is 9.52. The highest BCUT2D eigenvalue weighted by Gasteiger charge is 2.14. The standard InChI is InChI=1S/C12H12N2O2S/c1-7-5-3-4-6-9(7)14-12-13-8(2)10(17-12)11(15)16/h3-6H,1-2H3,(H,13,14)(H,15,16). The van der Waals surface area contributed by atoms with Crippen molar-refractivity contribution in [1.82, 2.24) is 4.98 Å². The van der Waals surface area contributed by atoms with Gasteiger partial charge in [-0.1, -0.05) is 29.5 Å². The first-order valence-corrected chi connectivity index (χ1v) is 5.93. The Morgan fingerprint density at radius 3 is 2.65 bits per heavy atom. The first-order chi connectivity index (χ1) is 8.08. The summed E-state index contributed by atoms with van der Waals surface area (Å²) >= 11 is 1.15. The van der Waals surface area contributed by atoms with Crippen LogP contribution in [0.5, 0.6) is 0 Å². The molecule has 17 heavy (non-hydrogen) atoms. The molecule has 0 unspecified atom stereocenters. The summed E-state index contributed by atoms with van der Waals surface area (Å²) in [4.78, 5) is 15.4. The van der Waals surface area contributed by atoms with Crippen LogP contribution in [0, 0.1) is 13.8 Å². The third kappa shape index (κ3) is 2.45. The summed E-state index contributed by atoms with van der Waals surface area (Å²) < 4.78 is 0. The van der Waals surface area contributed by atoms with Gasteiger partial charge in [0.05, 0.1) is 5.69 Å². The Morgan fingerprint density at radius 1 is 1.35 bits per heavy atom. The molecule has 2 rings (SSSR count). The van der Waals surface area contributed by atoms with E-state index in [9.17, 15) is 4.79 Å². The first-order valence-electron chi connectivity index (χ1n) is 5.11. The van der Waals surface area contributed by atoms with Gasteiger partial charge < -0.3 is 10.4 Å². The van der Waals surface area contributed by atoms with Crippen molar-refractivity contribution in [1.29, 1.82) is 0 Å². The summed E-state index contributed by atoms with van der Waals surface area (Å²) in [5.41, 5.74) is 2.58. The van der Waals surface area contributed by atoms with E-state index in [1.54, 1.807) is 6.92 Å². The van der Waals surface area contributed by atoms with Crippen LogP contribution in [-0.4, -0.2) is 16.1 Å². The first kappa shape index (κ1) is 11.6. The number of aromatic nitrogens is 1. The highest BCUT2D eigenvalue weighted by atomic mass is 32.1. The molecule has 0 aliphatic carbocycles. The quantitative estimate of drug-likeness (QED) is 0.875. The molecule has 5 heteroatoms. The van der Waals surface area contributed by atoms with Crippen LogP contribution in [0.3, 0.4) is 0 Å². The van der Waals surface area contributed by atoms with E-state index >= 15 is 0 Å². The number of carboxylic acids is 1. The van der Waals surface area contributed by atoms with Gasteiger partial charge in [0.25, 0.3) is 0 Å². The van der Waals surface area contributed by atoms with E-state index in [0.717, 1.165) is 22.6 Å². The summed E-state index contributed by atoms with van der Waals surface area (Å²) in [7, 11) is 0. The molecule has 0 spiro atoms. The van der Waals surface area contributed by atoms with Gasteiger partial charge in [0, 0.05) is 5.69 Å². The third-order valence-corrected chi connectivity index (χ3v) is 3.44. The fraction of sp³-hybridized carbons (Fsp3) is 0.167. The van der Waals surface area contributed by atoms with Crippen LogP contribution in [0.2, 0.25) is 0 Å². The van der Waals surface area contributed by atoms with Crippen molar-refractivity contribution < 1.29 is 9.90 Å². The summed E-state index contributed by atoms with van der Waals surface area (Å²) in [6.45, 7) is 3.68. The van der Waals surface area contributed by atoms with Gasteiger partial charge in [0.15, 0.2) is 5.13 Å². The highest BCUT2D eigenvalue weighted by Crippen LogP contribution is 2.26. The number of hydrogen-bond donors (Lipinski definition) is 2. The Hall–Kier alpha value is -1.88. The molecule has 0 radical (unpaired) electrons. The summed E-state index contributed by atoms with van der Waals surface area (Å²) in [6.07, 6.45) is 0. The number of nitrogens with zero attached hydrogens (tertiary/aromatic N) is 1. The molecular formula is C12H12N2O2S. The molecule has 0 aliphatic heterocycles. The van der Waals surface area contributed by atoms with E-state index in [-0.39, 0.29) is 4.88 Å². The minimum atomic E-state index is -0.933. The monoisotopic (exact) mass is 248 g/mol. The maximum absolute atomic E-state index is 10.9. The predicted octanol–water partition coefficient (Wildman–Crippen LogP) is 3.20. The minimum Gasteiger partial charge on any atom is -0.477 e. The van der Waals surface area contributed by atoms with Crippen LogP contribution in [-0.2, 0) is 0 Å². The fourth-order valence-electron chi connectivity index (χ4n) is 1.48. The van der Waals surface area contributed by atoms with Gasteiger partial charge in [0.2, 0.25) is 0 Å². The molecule has 4 nitrogen and oxygen atoms in total. The van der Waals surface area contributed by atoms with Crippen molar-refractivity contribution in [2.75, 3.05) is 5.32 Å². The minimum absolute atomic E-state index is 0.279. The molecule has 0 amide bonds. The lowest BCUT2D eigenvalue weighted by Gasteiger charge is -2.05. The zero-order chi connectivity index (χ0) is 12.4. The largest absolute Gasteiger partial charge is 0.477 e. The molecule has 0 atom stereocenters. The molecule has 0 saturated carbocycles. The van der Waals surface area contributed by atoms with Gasteiger partial charge in [0.1, 0.15) is 4.88 Å². The lowest BCUT2D eigenvalue weighted by Crippen LogP contribution is -1.94. The average molecular weight is 248 g/mol. The number of nitrogens with one attached hydrogen (secondary N) is 1. The molecule has 88 valence electrons. The summed E-state index contributed by atoms with van der Waals surface area (Å²) in [5, 5.41) is 12.7. The fourth-order valence-corrected chi connectivity index (χ4v) is 2.29. The van der Waals surface area contributed by atoms with E-state index in [1.165, 1.54) is 0 Å². The predicted molar refractivity (Wildman–Crippen MR) is 68.3 cm³/mol. The van der Waals surface area contributed by atoms with Gasteiger partial charge in [-0.25, -0.2) is 9.78 Å². The Labute approximate surface area is 103 Å². The number of benzene rings is 1. The molecule has 0 bridgehead atoms. The molecule has 0 aliphatic rings. The molecule has 0 saturated heterocycles. The topological polar surface area (TPSA) is 62.2 Å². The Kier molecular flexibility index (Phi) is 3.10. The van der Waals surface area contributed by atoms with Crippen LogP contribution in [0.25, 0.3) is 0 Å². The molecule has 2 aromatic rings. The molecule has 1 aromatic carbocycles. The van der Waals surface area contributed by atoms with Gasteiger partial charge >= 0.3 is 5.97 Å². The second-order valence-corrected chi connectivity index (χ2v) is 4.68. The number of anilines is 2. The number of rotatable bonds is 3. The maximum atomic E-state index is 10.9. The van der Waals surface area contributed by atoms with Crippen LogP contribution in [0.1, 0.15) is 20.9 Å². The lowest BCUT2D eigenvalue weighted by molar-refractivity contribution is 0.0701. The normalized spacial score (nSPS) is 10.2. The van der Waals surface area contributed by atoms with Crippen molar-refractivity contribution in [2.45, 2.75) is 13.8 Å². The highest BCUT2D eigenvalue weighted by molar-refractivity contribution is 7.17. The summed E-state index contributed by atoms with van der Waals surface area (Å²) in [6, 6.07) is 7.80. The van der Waals surface area contributed by atoms with Gasteiger partial charge in [-0.05, 0) is 25.5 Å². The van der Waals surface area contributed by atoms with E-state index < -0.39 is 5.97 Å². The second kappa shape index (κ2) is 4.55. The van der Waals surface area contributed by atoms with E-state index in [0.29, 0.717) is 10.8 Å². The van der Waals surface area contributed by atoms with Gasteiger partial charge in [-0.3, -0.25) is 0 Å². The molecule has 2 N–H and O–H groups in total. The van der Waals surface area contributed by atoms with Crippen LogP contribution >= 0.6 is 11.3 Å². The molecular weight excluding hydrogens is 236 g/mol. The molecule has 1 heterocycles. The van der Waals surface area contributed by atoms with Gasteiger partial charge in [-0.2, -0.15) is 0 Å². The Balaban J connectivity index is 2.28. The van der Waals surface area contributed by atoms with Crippen LogP contribution in [0.4, 0.5) is 10.8 Å². The number of aryl methyl sites for hydroxylation is 2. The van der Waals surface area contributed by atoms with Gasteiger partial charge in [-0.15, -0.1) is 0 Å². The zero-order valence-corrected chi connectivity index (χ0v) is 10.3. The van der Waals surface area contributed by atoms with E-state index in [4.69, 9.17) is 5.11 Å². The summed E-state index contributed by atoms with van der Waals surface area (Å²) in [5.74, 6) is -0.933. The number of hydrogen-bond acceptors (Lipinski definition) is 4. The number of carboxylic acid groups (broad SMARTS) is 1. The number of carbonyl (C=O) groups is 1. The number of aromatic carboxylic acids is 1. The molecule has 1 aromatic heterocycles. The Bertz CT molecular complexity index is 563. The van der Waals surface area contributed by atoms with Crippen molar-refractivity contribution in [3.8, 4) is 0 Å². The maximum Gasteiger partial charge on any atom is 0.347 e. The third-order valence-electron chi connectivity index (χ3n) is 2.38. The van der Waals surface area contributed by atoms with Crippen LogP contribution in [0.15, 0.2) is 24.3 Å².